The van der Waals surface area contributed by atoms with Gasteiger partial charge in [0.15, 0.2) is 0 Å². The smallest absolute Gasteiger partial charge is 0.233 e. The average molecular weight is 376 g/mol. The number of sulfonamides is 1. The third kappa shape index (κ3) is 6.42. The Bertz CT molecular complexity index is 867. The Hall–Kier alpha value is -2.51. The molecule has 2 aromatic carbocycles. The summed E-state index contributed by atoms with van der Waals surface area (Å²) in [6, 6.07) is 15.3. The van der Waals surface area contributed by atoms with Gasteiger partial charge in [0.25, 0.3) is 0 Å². The first-order chi connectivity index (χ1) is 12.4. The monoisotopic (exact) mass is 376 g/mol. The predicted octanol–water partition coefficient (Wildman–Crippen LogP) is 2.76. The van der Waals surface area contributed by atoms with Gasteiger partial charge in [-0.05, 0) is 17.7 Å². The highest BCUT2D eigenvalue weighted by Crippen LogP contribution is 2.09. The van der Waals surface area contributed by atoms with Crippen molar-refractivity contribution in [3.8, 4) is 0 Å². The second kappa shape index (κ2) is 9.26. The standard InChI is InChI=1S/C19H21FN2O3S/c1-22(15-17-9-5-6-10-18(17)20)19(23)11-13-21-26(24,25)14-12-16-7-3-2-4-8-16/h2-10,12,14,21H,11,13,15H2,1H3/b14-12+. The van der Waals surface area contributed by atoms with Gasteiger partial charge >= 0.3 is 0 Å². The first-order valence-corrected chi connectivity index (χ1v) is 9.62. The molecule has 0 saturated heterocycles. The average Bonchev–Trinajstić information content (AvgIpc) is 2.62. The van der Waals surface area contributed by atoms with Gasteiger partial charge in [0.2, 0.25) is 15.9 Å². The molecule has 138 valence electrons. The SMILES string of the molecule is CN(Cc1ccccc1F)C(=O)CCNS(=O)(=O)/C=C/c1ccccc1. The molecule has 0 spiro atoms. The van der Waals surface area contributed by atoms with Crippen LogP contribution >= 0.6 is 0 Å². The highest BCUT2D eigenvalue weighted by Gasteiger charge is 2.13. The van der Waals surface area contributed by atoms with E-state index in [1.807, 2.05) is 18.2 Å². The molecule has 26 heavy (non-hydrogen) atoms. The molecule has 0 saturated carbocycles. The Balaban J connectivity index is 1.81. The molecule has 0 radical (unpaired) electrons. The summed E-state index contributed by atoms with van der Waals surface area (Å²) in [6.07, 6.45) is 1.47. The minimum Gasteiger partial charge on any atom is -0.341 e. The van der Waals surface area contributed by atoms with E-state index in [0.717, 1.165) is 11.0 Å². The van der Waals surface area contributed by atoms with Gasteiger partial charge in [-0.15, -0.1) is 0 Å². The number of hydrogen-bond donors (Lipinski definition) is 1. The zero-order valence-electron chi connectivity index (χ0n) is 14.4. The second-order valence-electron chi connectivity index (χ2n) is 5.74. The summed E-state index contributed by atoms with van der Waals surface area (Å²) in [5.41, 5.74) is 1.17. The summed E-state index contributed by atoms with van der Waals surface area (Å²) in [7, 11) is -2.07. The lowest BCUT2D eigenvalue weighted by atomic mass is 10.2. The van der Waals surface area contributed by atoms with E-state index in [-0.39, 0.29) is 31.2 Å². The molecule has 0 aliphatic rings. The van der Waals surface area contributed by atoms with E-state index in [1.165, 1.54) is 17.0 Å². The zero-order chi connectivity index (χ0) is 19.0. The van der Waals surface area contributed by atoms with Crippen molar-refractivity contribution in [2.24, 2.45) is 0 Å². The van der Waals surface area contributed by atoms with Gasteiger partial charge in [0, 0.05) is 37.5 Å². The Morgan fingerprint density at radius 1 is 1.12 bits per heavy atom. The van der Waals surface area contributed by atoms with Crippen LogP contribution in [-0.4, -0.2) is 32.8 Å². The van der Waals surface area contributed by atoms with Gasteiger partial charge in [-0.1, -0.05) is 48.5 Å². The van der Waals surface area contributed by atoms with Crippen molar-refractivity contribution in [1.29, 1.82) is 0 Å². The van der Waals surface area contributed by atoms with Crippen LogP contribution in [0.5, 0.6) is 0 Å². The summed E-state index contributed by atoms with van der Waals surface area (Å²) in [5, 5.41) is 1.07. The number of benzene rings is 2. The van der Waals surface area contributed by atoms with Crippen molar-refractivity contribution in [3.05, 3.63) is 76.9 Å². The number of nitrogens with one attached hydrogen (secondary N) is 1. The predicted molar refractivity (Wildman–Crippen MR) is 99.9 cm³/mol. The van der Waals surface area contributed by atoms with Crippen molar-refractivity contribution in [3.63, 3.8) is 0 Å². The van der Waals surface area contributed by atoms with E-state index in [1.54, 1.807) is 37.4 Å². The highest BCUT2D eigenvalue weighted by atomic mass is 32.2. The van der Waals surface area contributed by atoms with Crippen LogP contribution in [0.25, 0.3) is 6.08 Å². The third-order valence-electron chi connectivity index (χ3n) is 3.67. The van der Waals surface area contributed by atoms with Crippen LogP contribution in [-0.2, 0) is 21.4 Å². The molecule has 0 bridgehead atoms. The molecule has 0 aliphatic heterocycles. The largest absolute Gasteiger partial charge is 0.341 e. The summed E-state index contributed by atoms with van der Waals surface area (Å²) in [6.45, 7) is 0.105. The van der Waals surface area contributed by atoms with E-state index in [0.29, 0.717) is 5.56 Å². The highest BCUT2D eigenvalue weighted by molar-refractivity contribution is 7.92. The molecule has 0 aromatic heterocycles. The number of rotatable bonds is 8. The van der Waals surface area contributed by atoms with Gasteiger partial charge in [-0.2, -0.15) is 0 Å². The first kappa shape index (κ1) is 19.8. The van der Waals surface area contributed by atoms with E-state index in [2.05, 4.69) is 4.72 Å². The quantitative estimate of drug-likeness (QED) is 0.770. The molecule has 2 aromatic rings. The molecule has 1 N–H and O–H groups in total. The van der Waals surface area contributed by atoms with Gasteiger partial charge in [-0.3, -0.25) is 4.79 Å². The Morgan fingerprint density at radius 2 is 1.77 bits per heavy atom. The molecule has 2 rings (SSSR count). The van der Waals surface area contributed by atoms with Crippen LogP contribution in [0.15, 0.2) is 60.0 Å². The number of hydrogen-bond acceptors (Lipinski definition) is 3. The molecule has 0 aliphatic carbocycles. The third-order valence-corrected chi connectivity index (χ3v) is 4.77. The maximum absolute atomic E-state index is 13.6. The number of carbonyl (C=O) groups is 1. The normalized spacial score (nSPS) is 11.6. The van der Waals surface area contributed by atoms with Crippen LogP contribution < -0.4 is 4.72 Å². The number of nitrogens with zero attached hydrogens (tertiary/aromatic N) is 1. The van der Waals surface area contributed by atoms with Gasteiger partial charge in [-0.25, -0.2) is 17.5 Å². The maximum Gasteiger partial charge on any atom is 0.233 e. The summed E-state index contributed by atoms with van der Waals surface area (Å²) in [5.74, 6) is -0.651. The van der Waals surface area contributed by atoms with E-state index >= 15 is 0 Å². The molecular formula is C19H21FN2O3S. The lowest BCUT2D eigenvalue weighted by molar-refractivity contribution is -0.130. The molecule has 0 heterocycles. The van der Waals surface area contributed by atoms with Crippen molar-refractivity contribution >= 4 is 22.0 Å². The van der Waals surface area contributed by atoms with Crippen LogP contribution in [0.3, 0.4) is 0 Å². The second-order valence-corrected chi connectivity index (χ2v) is 7.39. The Morgan fingerprint density at radius 3 is 2.46 bits per heavy atom. The van der Waals surface area contributed by atoms with Gasteiger partial charge in [0.1, 0.15) is 5.82 Å². The molecule has 5 nitrogen and oxygen atoms in total. The molecule has 0 unspecified atom stereocenters. The van der Waals surface area contributed by atoms with E-state index in [4.69, 9.17) is 0 Å². The summed E-state index contributed by atoms with van der Waals surface area (Å²) < 4.78 is 39.8. The molecule has 7 heteroatoms. The van der Waals surface area contributed by atoms with Crippen molar-refractivity contribution in [2.75, 3.05) is 13.6 Å². The van der Waals surface area contributed by atoms with Crippen LogP contribution in [0.4, 0.5) is 4.39 Å². The van der Waals surface area contributed by atoms with Gasteiger partial charge in [0.05, 0.1) is 0 Å². The Labute approximate surface area is 153 Å². The fourth-order valence-corrected chi connectivity index (χ4v) is 3.06. The molecule has 0 atom stereocenters. The topological polar surface area (TPSA) is 66.5 Å². The van der Waals surface area contributed by atoms with Gasteiger partial charge < -0.3 is 4.90 Å². The molecule has 1 amide bonds. The number of amides is 1. The van der Waals surface area contributed by atoms with E-state index in [9.17, 15) is 17.6 Å². The van der Waals surface area contributed by atoms with Crippen molar-refractivity contribution in [2.45, 2.75) is 13.0 Å². The lowest BCUT2D eigenvalue weighted by Gasteiger charge is -2.17. The fourth-order valence-electron chi connectivity index (χ4n) is 2.24. The lowest BCUT2D eigenvalue weighted by Crippen LogP contribution is -2.31. The van der Waals surface area contributed by atoms with Crippen molar-refractivity contribution in [1.82, 2.24) is 9.62 Å². The van der Waals surface area contributed by atoms with Crippen molar-refractivity contribution < 1.29 is 17.6 Å². The molecule has 0 fully saturated rings. The number of halogens is 1. The van der Waals surface area contributed by atoms with Crippen LogP contribution in [0, 0.1) is 5.82 Å². The Kier molecular flexibility index (Phi) is 7.06. The van der Waals surface area contributed by atoms with Crippen LogP contribution in [0.2, 0.25) is 0 Å². The minimum absolute atomic E-state index is 0.0106. The van der Waals surface area contributed by atoms with Crippen LogP contribution in [0.1, 0.15) is 17.5 Å². The summed E-state index contributed by atoms with van der Waals surface area (Å²) >= 11 is 0. The molecular weight excluding hydrogens is 355 g/mol. The maximum atomic E-state index is 13.6. The first-order valence-electron chi connectivity index (χ1n) is 8.07. The van der Waals surface area contributed by atoms with E-state index < -0.39 is 10.0 Å². The minimum atomic E-state index is -3.63. The zero-order valence-corrected chi connectivity index (χ0v) is 15.2. The fraction of sp³-hybridized carbons (Fsp3) is 0.211. The summed E-state index contributed by atoms with van der Waals surface area (Å²) in [4.78, 5) is 13.4. The number of carbonyl (C=O) groups excluding carboxylic acids is 1.